The third-order valence-corrected chi connectivity index (χ3v) is 3.61. The zero-order chi connectivity index (χ0) is 13.2. The number of anilines is 1. The molecule has 2 unspecified atom stereocenters. The molecule has 4 heteroatoms. The minimum absolute atomic E-state index is 0.246. The second kappa shape index (κ2) is 5.19. The van der Waals surface area contributed by atoms with Crippen LogP contribution >= 0.6 is 15.9 Å². The first kappa shape index (κ1) is 11.2. The average molecular weight is 298 g/mol. The van der Waals surface area contributed by atoms with E-state index in [-0.39, 0.29) is 5.91 Å². The van der Waals surface area contributed by atoms with Gasteiger partial charge in [0.25, 0.3) is 0 Å². The van der Waals surface area contributed by atoms with Gasteiger partial charge >= 0.3 is 0 Å². The molecule has 1 aliphatic rings. The van der Waals surface area contributed by atoms with Crippen molar-refractivity contribution in [2.75, 3.05) is 5.32 Å². The summed E-state index contributed by atoms with van der Waals surface area (Å²) in [6.07, 6.45) is 2.67. The summed E-state index contributed by atoms with van der Waals surface area (Å²) >= 11 is 3.34. The first-order valence-electron chi connectivity index (χ1n) is 6.38. The Bertz CT molecular complexity index is 437. The topological polar surface area (TPSA) is 55.1 Å². The molecule has 1 aliphatic carbocycles. The number of hydrogen-bond acceptors (Lipinski definition) is 2. The van der Waals surface area contributed by atoms with E-state index in [9.17, 15) is 4.79 Å². The van der Waals surface area contributed by atoms with Crippen LogP contribution in [0.3, 0.4) is 0 Å². The van der Waals surface area contributed by atoms with Crippen molar-refractivity contribution in [3.8, 4) is 0 Å². The van der Waals surface area contributed by atoms with Crippen LogP contribution in [0.4, 0.5) is 5.69 Å². The molecule has 2 rings (SSSR count). The highest BCUT2D eigenvalue weighted by Gasteiger charge is 2.35. The van der Waals surface area contributed by atoms with Crippen molar-refractivity contribution >= 4 is 27.5 Å². The Morgan fingerprint density at radius 3 is 2.71 bits per heavy atom. The minimum Gasteiger partial charge on any atom is -0.324 e. The summed E-state index contributed by atoms with van der Waals surface area (Å²) in [7, 11) is 0. The number of carbonyl (C=O) groups excluding carboxylic acids is 1. The van der Waals surface area contributed by atoms with Gasteiger partial charge in [-0.3, -0.25) is 4.79 Å². The van der Waals surface area contributed by atoms with Crippen molar-refractivity contribution < 1.29 is 6.17 Å². The Balaban J connectivity index is 2.09. The Morgan fingerprint density at radius 2 is 2.06 bits per heavy atom. The zero-order valence-corrected chi connectivity index (χ0v) is 11.2. The first-order valence-corrected chi connectivity index (χ1v) is 6.60. The van der Waals surface area contributed by atoms with Crippen molar-refractivity contribution in [3.63, 3.8) is 0 Å². The van der Waals surface area contributed by atoms with Gasteiger partial charge < -0.3 is 11.1 Å². The molecular weight excluding hydrogens is 280 g/mol. The fourth-order valence-corrected chi connectivity index (χ4v) is 2.27. The summed E-state index contributed by atoms with van der Waals surface area (Å²) in [6, 6.07) is 7.34. The molecule has 17 heavy (non-hydrogen) atoms. The minimum atomic E-state index is -1.05. The Morgan fingerprint density at radius 1 is 1.35 bits per heavy atom. The van der Waals surface area contributed by atoms with Gasteiger partial charge in [-0.1, -0.05) is 35.2 Å². The van der Waals surface area contributed by atoms with E-state index in [2.05, 4.69) is 21.2 Å². The normalized spacial score (nSPS) is 29.5. The van der Waals surface area contributed by atoms with Gasteiger partial charge in [0.05, 0.1) is 5.54 Å². The highest BCUT2D eigenvalue weighted by atomic mass is 79.9. The molecule has 1 aromatic rings. The third-order valence-electron chi connectivity index (χ3n) is 3.08. The summed E-state index contributed by atoms with van der Waals surface area (Å²) in [4.78, 5) is 12.2. The lowest BCUT2D eigenvalue weighted by molar-refractivity contribution is -0.122. The van der Waals surface area contributed by atoms with Crippen LogP contribution in [-0.2, 0) is 4.79 Å². The van der Waals surface area contributed by atoms with E-state index in [0.29, 0.717) is 18.5 Å². The number of nitrogens with one attached hydrogen (secondary N) is 1. The number of hydrogen-bond donors (Lipinski definition) is 2. The van der Waals surface area contributed by atoms with Crippen LogP contribution in [0, 0.1) is 0 Å². The molecule has 1 amide bonds. The lowest BCUT2D eigenvalue weighted by Crippen LogP contribution is -2.52. The molecule has 0 spiro atoms. The van der Waals surface area contributed by atoms with Crippen molar-refractivity contribution in [1.82, 2.24) is 0 Å². The van der Waals surface area contributed by atoms with Crippen molar-refractivity contribution in [1.29, 1.82) is 0 Å². The number of benzene rings is 1. The maximum atomic E-state index is 12.2. The molecule has 3 nitrogen and oxygen atoms in total. The summed E-state index contributed by atoms with van der Waals surface area (Å²) in [5.74, 6) is -0.246. The molecule has 2 atom stereocenters. The molecule has 1 saturated carbocycles. The second-order valence-corrected chi connectivity index (χ2v) is 5.37. The van der Waals surface area contributed by atoms with E-state index in [1.54, 1.807) is 0 Å². The van der Waals surface area contributed by atoms with Gasteiger partial charge in [0, 0.05) is 11.5 Å². The van der Waals surface area contributed by atoms with E-state index in [1.807, 2.05) is 24.3 Å². The van der Waals surface area contributed by atoms with Gasteiger partial charge in [-0.2, -0.15) is 0 Å². The standard InChI is InChI=1S/C13H17BrN2O/c14-10-4-6-11(7-5-10)16-12(17)13(15)8-2-1-3-9-13/h4-7H,1-3,8-9,15H2,(H,16,17)/i8D. The first-order chi connectivity index (χ1) is 8.52. The van der Waals surface area contributed by atoms with E-state index >= 15 is 0 Å². The monoisotopic (exact) mass is 297 g/mol. The predicted octanol–water partition coefficient (Wildman–Crippen LogP) is 3.05. The number of rotatable bonds is 2. The van der Waals surface area contributed by atoms with Gasteiger partial charge in [0.2, 0.25) is 5.91 Å². The molecular formula is C13H17BrN2O. The van der Waals surface area contributed by atoms with Gasteiger partial charge in [0.15, 0.2) is 0 Å². The van der Waals surface area contributed by atoms with E-state index < -0.39 is 11.9 Å². The van der Waals surface area contributed by atoms with Crippen molar-refractivity contribution in [2.45, 2.75) is 37.6 Å². The lowest BCUT2D eigenvalue weighted by atomic mass is 9.82. The SMILES string of the molecule is [2H]C1CCCCC1(N)C(=O)Nc1ccc(Br)cc1. The van der Waals surface area contributed by atoms with Crippen molar-refractivity contribution in [3.05, 3.63) is 28.7 Å². The smallest absolute Gasteiger partial charge is 0.244 e. The van der Waals surface area contributed by atoms with Crippen molar-refractivity contribution in [2.24, 2.45) is 5.73 Å². The lowest BCUT2D eigenvalue weighted by Gasteiger charge is -2.31. The Labute approximate surface area is 111 Å². The molecule has 3 N–H and O–H groups in total. The van der Waals surface area contributed by atoms with E-state index in [4.69, 9.17) is 7.10 Å². The Hall–Kier alpha value is -0.870. The fourth-order valence-electron chi connectivity index (χ4n) is 2.01. The molecule has 0 aromatic heterocycles. The van der Waals surface area contributed by atoms with Crippen LogP contribution < -0.4 is 11.1 Å². The molecule has 0 aliphatic heterocycles. The summed E-state index contributed by atoms with van der Waals surface area (Å²) < 4.78 is 8.92. The van der Waals surface area contributed by atoms with Gasteiger partial charge in [-0.05, 0) is 37.1 Å². The molecule has 0 heterocycles. The van der Waals surface area contributed by atoms with E-state index in [1.165, 1.54) is 0 Å². The van der Waals surface area contributed by atoms with Gasteiger partial charge in [-0.25, -0.2) is 0 Å². The largest absolute Gasteiger partial charge is 0.324 e. The highest BCUT2D eigenvalue weighted by molar-refractivity contribution is 9.10. The summed E-state index contributed by atoms with van der Waals surface area (Å²) in [5.41, 5.74) is 5.78. The molecule has 0 radical (unpaired) electrons. The van der Waals surface area contributed by atoms with Gasteiger partial charge in [-0.15, -0.1) is 0 Å². The molecule has 1 aromatic carbocycles. The van der Waals surface area contributed by atoms with Crippen LogP contribution in [0.25, 0.3) is 0 Å². The fraction of sp³-hybridized carbons (Fsp3) is 0.462. The number of nitrogens with two attached hydrogens (primary N) is 1. The third kappa shape index (κ3) is 3.07. The Kier molecular flexibility index (Phi) is 3.43. The van der Waals surface area contributed by atoms with Gasteiger partial charge in [0.1, 0.15) is 0 Å². The molecule has 0 bridgehead atoms. The molecule has 0 saturated heterocycles. The van der Waals surface area contributed by atoms with Crippen LogP contribution in [0.5, 0.6) is 0 Å². The molecule has 92 valence electrons. The highest BCUT2D eigenvalue weighted by Crippen LogP contribution is 2.27. The maximum absolute atomic E-state index is 12.2. The average Bonchev–Trinajstić information content (AvgIpc) is 2.36. The number of halogens is 1. The van der Waals surface area contributed by atoms with Crippen LogP contribution in [0.2, 0.25) is 0 Å². The second-order valence-electron chi connectivity index (χ2n) is 4.45. The summed E-state index contributed by atoms with van der Waals surface area (Å²) in [5, 5.41) is 2.80. The van der Waals surface area contributed by atoms with Crippen LogP contribution in [0.15, 0.2) is 28.7 Å². The quantitative estimate of drug-likeness (QED) is 0.881. The number of carbonyl (C=O) groups is 1. The maximum Gasteiger partial charge on any atom is 0.244 e. The van der Waals surface area contributed by atoms with Crippen LogP contribution in [0.1, 0.15) is 33.5 Å². The molecule has 1 fully saturated rings. The van der Waals surface area contributed by atoms with E-state index in [0.717, 1.165) is 17.3 Å². The summed E-state index contributed by atoms with van der Waals surface area (Å²) in [6.45, 7) is 0. The number of amides is 1. The zero-order valence-electron chi connectivity index (χ0n) is 10.6. The van der Waals surface area contributed by atoms with Crippen LogP contribution in [-0.4, -0.2) is 11.4 Å². The predicted molar refractivity (Wildman–Crippen MR) is 72.8 cm³/mol.